The maximum absolute atomic E-state index is 12.2. The van der Waals surface area contributed by atoms with Crippen molar-refractivity contribution in [3.63, 3.8) is 0 Å². The van der Waals surface area contributed by atoms with E-state index in [1.54, 1.807) is 12.1 Å². The van der Waals surface area contributed by atoms with Crippen LogP contribution in [0, 0.1) is 5.92 Å². The second-order valence-corrected chi connectivity index (χ2v) is 5.14. The summed E-state index contributed by atoms with van der Waals surface area (Å²) in [5.41, 5.74) is 0.396. The number of amides is 1. The topological polar surface area (TPSA) is 47.6 Å². The van der Waals surface area contributed by atoms with Crippen molar-refractivity contribution in [3.05, 3.63) is 22.7 Å². The van der Waals surface area contributed by atoms with E-state index in [1.165, 1.54) is 14.2 Å². The molecule has 0 saturated heterocycles. The van der Waals surface area contributed by atoms with Crippen molar-refractivity contribution in [1.29, 1.82) is 0 Å². The summed E-state index contributed by atoms with van der Waals surface area (Å²) >= 11 is 6.20. The third-order valence-corrected chi connectivity index (χ3v) is 3.50. The summed E-state index contributed by atoms with van der Waals surface area (Å²) in [6.07, 6.45) is 2.19. The fraction of sp³-hybridized carbons (Fsp3) is 0.533. The number of halogens is 1. The van der Waals surface area contributed by atoms with Crippen LogP contribution in [-0.4, -0.2) is 26.7 Å². The zero-order chi connectivity index (χ0) is 15.1. The average Bonchev–Trinajstić information content (AvgIpc) is 2.44. The third-order valence-electron chi connectivity index (χ3n) is 3.12. The van der Waals surface area contributed by atoms with Gasteiger partial charge in [0.05, 0.1) is 24.8 Å². The van der Waals surface area contributed by atoms with Gasteiger partial charge in [-0.15, -0.1) is 0 Å². The van der Waals surface area contributed by atoms with Gasteiger partial charge in [-0.1, -0.05) is 31.9 Å². The van der Waals surface area contributed by atoms with Gasteiger partial charge >= 0.3 is 0 Å². The average molecular weight is 300 g/mol. The van der Waals surface area contributed by atoms with E-state index >= 15 is 0 Å². The monoisotopic (exact) mass is 299 g/mol. The van der Waals surface area contributed by atoms with E-state index in [1.807, 2.05) is 0 Å². The third kappa shape index (κ3) is 4.04. The second-order valence-electron chi connectivity index (χ2n) is 4.77. The number of methoxy groups -OCH3 is 2. The van der Waals surface area contributed by atoms with Crippen LogP contribution in [0.4, 0.5) is 0 Å². The number of rotatable bonds is 7. The molecule has 1 N–H and O–H groups in total. The van der Waals surface area contributed by atoms with Crippen LogP contribution in [0.5, 0.6) is 11.5 Å². The minimum Gasteiger partial charge on any atom is -0.493 e. The van der Waals surface area contributed by atoms with E-state index < -0.39 is 0 Å². The van der Waals surface area contributed by atoms with Crippen LogP contribution in [0.25, 0.3) is 0 Å². The van der Waals surface area contributed by atoms with Crippen molar-refractivity contribution in [2.75, 3.05) is 20.8 Å². The number of benzene rings is 1. The molecule has 20 heavy (non-hydrogen) atoms. The lowest BCUT2D eigenvalue weighted by atomic mass is 10.1. The largest absolute Gasteiger partial charge is 0.493 e. The van der Waals surface area contributed by atoms with Crippen LogP contribution in [0.15, 0.2) is 12.1 Å². The molecular formula is C15H22ClNO3. The summed E-state index contributed by atoms with van der Waals surface area (Å²) in [5, 5.41) is 3.16. The molecule has 1 amide bonds. The van der Waals surface area contributed by atoms with Crippen molar-refractivity contribution in [2.45, 2.75) is 26.7 Å². The van der Waals surface area contributed by atoms with Gasteiger partial charge in [0, 0.05) is 6.54 Å². The van der Waals surface area contributed by atoms with Crippen LogP contribution in [0.1, 0.15) is 37.0 Å². The molecule has 0 aliphatic rings. The predicted molar refractivity (Wildman–Crippen MR) is 81.0 cm³/mol. The molecule has 0 aliphatic carbocycles. The highest BCUT2D eigenvalue weighted by Gasteiger charge is 2.18. The molecule has 0 aromatic heterocycles. The van der Waals surface area contributed by atoms with Gasteiger partial charge in [0.15, 0.2) is 11.5 Å². The summed E-state index contributed by atoms with van der Waals surface area (Å²) in [4.78, 5) is 12.2. The number of carbonyl (C=O) groups excluding carboxylic acids is 1. The van der Waals surface area contributed by atoms with E-state index in [4.69, 9.17) is 21.1 Å². The molecule has 0 bridgehead atoms. The van der Waals surface area contributed by atoms with E-state index in [2.05, 4.69) is 19.2 Å². The standard InChI is InChI=1S/C15H22ClNO3/c1-5-6-10(2)9-17-15(18)11-7-8-12(19-3)14(20-4)13(11)16/h7-8,10H,5-6,9H2,1-4H3,(H,17,18). The van der Waals surface area contributed by atoms with Crippen molar-refractivity contribution in [2.24, 2.45) is 5.92 Å². The fourth-order valence-corrected chi connectivity index (χ4v) is 2.34. The van der Waals surface area contributed by atoms with Crippen LogP contribution in [0.3, 0.4) is 0 Å². The summed E-state index contributed by atoms with van der Waals surface area (Å²) in [7, 11) is 3.02. The number of ether oxygens (including phenoxy) is 2. The van der Waals surface area contributed by atoms with Gasteiger partial charge in [0.25, 0.3) is 5.91 Å². The van der Waals surface area contributed by atoms with E-state index in [0.717, 1.165) is 12.8 Å². The molecule has 0 saturated carbocycles. The Balaban J connectivity index is 2.83. The highest BCUT2D eigenvalue weighted by atomic mass is 35.5. The minimum absolute atomic E-state index is 0.195. The van der Waals surface area contributed by atoms with Crippen molar-refractivity contribution < 1.29 is 14.3 Å². The van der Waals surface area contributed by atoms with E-state index in [-0.39, 0.29) is 10.9 Å². The van der Waals surface area contributed by atoms with Gasteiger partial charge in [-0.05, 0) is 24.5 Å². The van der Waals surface area contributed by atoms with Gasteiger partial charge in [0.2, 0.25) is 0 Å². The van der Waals surface area contributed by atoms with Gasteiger partial charge in [-0.3, -0.25) is 4.79 Å². The highest BCUT2D eigenvalue weighted by molar-refractivity contribution is 6.35. The molecule has 5 heteroatoms. The number of hydrogen-bond acceptors (Lipinski definition) is 3. The molecule has 1 aromatic rings. The van der Waals surface area contributed by atoms with Crippen LogP contribution < -0.4 is 14.8 Å². The minimum atomic E-state index is -0.195. The summed E-state index contributed by atoms with van der Waals surface area (Å²) in [5.74, 6) is 1.14. The Kier molecular flexibility index (Phi) is 6.65. The lowest BCUT2D eigenvalue weighted by Gasteiger charge is -2.14. The highest BCUT2D eigenvalue weighted by Crippen LogP contribution is 2.37. The molecule has 0 radical (unpaired) electrons. The van der Waals surface area contributed by atoms with Crippen LogP contribution in [-0.2, 0) is 0 Å². The molecule has 1 aromatic carbocycles. The molecule has 4 nitrogen and oxygen atoms in total. The Hall–Kier alpha value is -1.42. The fourth-order valence-electron chi connectivity index (χ4n) is 2.02. The molecule has 0 spiro atoms. The molecule has 0 fully saturated rings. The Morgan fingerprint density at radius 1 is 1.35 bits per heavy atom. The smallest absolute Gasteiger partial charge is 0.252 e. The van der Waals surface area contributed by atoms with Crippen LogP contribution in [0.2, 0.25) is 5.02 Å². The second kappa shape index (κ2) is 8.00. The van der Waals surface area contributed by atoms with Gasteiger partial charge in [0.1, 0.15) is 0 Å². The maximum atomic E-state index is 12.2. The van der Waals surface area contributed by atoms with Gasteiger partial charge in [-0.2, -0.15) is 0 Å². The molecule has 1 rings (SSSR count). The Labute approximate surface area is 125 Å². The Bertz CT molecular complexity index is 463. The maximum Gasteiger partial charge on any atom is 0.252 e. The van der Waals surface area contributed by atoms with Gasteiger partial charge in [-0.25, -0.2) is 0 Å². The zero-order valence-electron chi connectivity index (χ0n) is 12.5. The van der Waals surface area contributed by atoms with E-state index in [0.29, 0.717) is 29.5 Å². The number of nitrogens with one attached hydrogen (secondary N) is 1. The van der Waals surface area contributed by atoms with E-state index in [9.17, 15) is 4.79 Å². The Morgan fingerprint density at radius 3 is 2.60 bits per heavy atom. The molecule has 0 aliphatic heterocycles. The molecule has 1 atom stereocenters. The first-order chi connectivity index (χ1) is 9.54. The van der Waals surface area contributed by atoms with Crippen LogP contribution >= 0.6 is 11.6 Å². The number of carbonyl (C=O) groups is 1. The molecular weight excluding hydrogens is 278 g/mol. The quantitative estimate of drug-likeness (QED) is 0.838. The Morgan fingerprint density at radius 2 is 2.05 bits per heavy atom. The summed E-state index contributed by atoms with van der Waals surface area (Å²) < 4.78 is 10.3. The van der Waals surface area contributed by atoms with Crippen molar-refractivity contribution in [3.8, 4) is 11.5 Å². The molecule has 0 heterocycles. The van der Waals surface area contributed by atoms with Crippen molar-refractivity contribution >= 4 is 17.5 Å². The lowest BCUT2D eigenvalue weighted by Crippen LogP contribution is -2.28. The van der Waals surface area contributed by atoms with Gasteiger partial charge < -0.3 is 14.8 Å². The van der Waals surface area contributed by atoms with Crippen molar-refractivity contribution in [1.82, 2.24) is 5.32 Å². The molecule has 1 unspecified atom stereocenters. The first kappa shape index (κ1) is 16.6. The predicted octanol–water partition coefficient (Wildman–Crippen LogP) is 3.52. The summed E-state index contributed by atoms with van der Waals surface area (Å²) in [6, 6.07) is 3.32. The SMILES string of the molecule is CCCC(C)CNC(=O)c1ccc(OC)c(OC)c1Cl. The lowest BCUT2D eigenvalue weighted by molar-refractivity contribution is 0.0947. The zero-order valence-corrected chi connectivity index (χ0v) is 13.2. The first-order valence-corrected chi connectivity index (χ1v) is 7.11. The normalized spacial score (nSPS) is 11.8. The molecule has 112 valence electrons. The first-order valence-electron chi connectivity index (χ1n) is 6.73. The number of hydrogen-bond donors (Lipinski definition) is 1. The summed E-state index contributed by atoms with van der Waals surface area (Å²) in [6.45, 7) is 4.88.